The lowest BCUT2D eigenvalue weighted by molar-refractivity contribution is 0.528. The highest BCUT2D eigenvalue weighted by Gasteiger charge is 2.31. The van der Waals surface area contributed by atoms with Crippen molar-refractivity contribution < 1.29 is 4.42 Å². The molecule has 0 spiro atoms. The Bertz CT molecular complexity index is 235. The summed E-state index contributed by atoms with van der Waals surface area (Å²) in [5.74, 6) is 1.11. The molecule has 1 fully saturated rings. The minimum Gasteiger partial charge on any atom is -0.467 e. The van der Waals surface area contributed by atoms with Gasteiger partial charge >= 0.3 is 0 Å². The Labute approximate surface area is 81.3 Å². The van der Waals surface area contributed by atoms with E-state index in [1.54, 1.807) is 6.26 Å². The van der Waals surface area contributed by atoms with Crippen LogP contribution in [0.2, 0.25) is 0 Å². The molecule has 1 aliphatic heterocycles. The van der Waals surface area contributed by atoms with Crippen LogP contribution in [0, 0.1) is 0 Å². The number of hydrogen-bond donors (Lipinski definition) is 0. The second-order valence-electron chi connectivity index (χ2n) is 3.03. The van der Waals surface area contributed by atoms with Gasteiger partial charge < -0.3 is 4.42 Å². The van der Waals surface area contributed by atoms with E-state index in [1.165, 1.54) is 0 Å². The first-order valence-electron chi connectivity index (χ1n) is 4.11. The van der Waals surface area contributed by atoms with Crippen molar-refractivity contribution in [2.75, 3.05) is 0 Å². The molecule has 1 aliphatic rings. The molecule has 1 aromatic rings. The van der Waals surface area contributed by atoms with Crippen LogP contribution in [0.5, 0.6) is 0 Å². The van der Waals surface area contributed by atoms with Crippen LogP contribution in [-0.4, -0.2) is 10.5 Å². The SMILES string of the molecule is C[C@@H]1SC(c2ccco2)S[C@@H]1C. The van der Waals surface area contributed by atoms with Gasteiger partial charge in [-0.1, -0.05) is 13.8 Å². The Balaban J connectivity index is 2.09. The number of rotatable bonds is 1. The van der Waals surface area contributed by atoms with E-state index in [0.717, 1.165) is 16.3 Å². The molecule has 0 bridgehead atoms. The van der Waals surface area contributed by atoms with Crippen LogP contribution in [0.3, 0.4) is 0 Å². The highest BCUT2D eigenvalue weighted by Crippen LogP contribution is 2.53. The third-order valence-electron chi connectivity index (χ3n) is 2.11. The standard InChI is InChI=1S/C9H12OS2/c1-6-7(2)12-9(11-6)8-4-3-5-10-8/h3-7,9H,1-2H3/t6-,7+,9?. The average Bonchev–Trinajstić information content (AvgIpc) is 2.61. The topological polar surface area (TPSA) is 13.1 Å². The van der Waals surface area contributed by atoms with Crippen molar-refractivity contribution in [2.45, 2.75) is 28.9 Å². The van der Waals surface area contributed by atoms with Crippen molar-refractivity contribution in [3.63, 3.8) is 0 Å². The summed E-state index contributed by atoms with van der Waals surface area (Å²) in [6, 6.07) is 4.03. The van der Waals surface area contributed by atoms with Gasteiger partial charge in [0.1, 0.15) is 10.3 Å². The van der Waals surface area contributed by atoms with Crippen molar-refractivity contribution in [3.8, 4) is 0 Å². The molecular formula is C9H12OS2. The third kappa shape index (κ3) is 1.52. The zero-order valence-corrected chi connectivity index (χ0v) is 8.82. The molecule has 0 radical (unpaired) electrons. The van der Waals surface area contributed by atoms with E-state index in [1.807, 2.05) is 29.6 Å². The summed E-state index contributed by atoms with van der Waals surface area (Å²) >= 11 is 4.00. The molecule has 12 heavy (non-hydrogen) atoms. The molecule has 1 nitrogen and oxygen atoms in total. The van der Waals surface area contributed by atoms with E-state index in [0.29, 0.717) is 4.58 Å². The summed E-state index contributed by atoms with van der Waals surface area (Å²) in [4.78, 5) is 0. The quantitative estimate of drug-likeness (QED) is 0.688. The maximum absolute atomic E-state index is 5.37. The van der Waals surface area contributed by atoms with Gasteiger partial charge in [0.05, 0.1) is 6.26 Å². The number of thioether (sulfide) groups is 2. The maximum atomic E-state index is 5.37. The monoisotopic (exact) mass is 200 g/mol. The smallest absolute Gasteiger partial charge is 0.126 e. The molecule has 1 saturated heterocycles. The van der Waals surface area contributed by atoms with Crippen molar-refractivity contribution in [1.29, 1.82) is 0 Å². The predicted octanol–water partition coefficient (Wildman–Crippen LogP) is 3.54. The molecule has 3 atom stereocenters. The summed E-state index contributed by atoms with van der Waals surface area (Å²) in [6.45, 7) is 4.57. The van der Waals surface area contributed by atoms with Crippen LogP contribution in [0.4, 0.5) is 0 Å². The van der Waals surface area contributed by atoms with E-state index in [2.05, 4.69) is 19.9 Å². The molecular weight excluding hydrogens is 188 g/mol. The maximum Gasteiger partial charge on any atom is 0.126 e. The minimum atomic E-state index is 0.519. The summed E-state index contributed by atoms with van der Waals surface area (Å²) in [5, 5.41) is 1.48. The zero-order chi connectivity index (χ0) is 8.55. The summed E-state index contributed by atoms with van der Waals surface area (Å²) in [7, 11) is 0. The van der Waals surface area contributed by atoms with E-state index < -0.39 is 0 Å². The first-order chi connectivity index (χ1) is 5.77. The van der Waals surface area contributed by atoms with Gasteiger partial charge in [-0.05, 0) is 12.1 Å². The molecule has 0 amide bonds. The highest BCUT2D eigenvalue weighted by atomic mass is 32.2. The number of furan rings is 1. The van der Waals surface area contributed by atoms with Crippen molar-refractivity contribution >= 4 is 23.5 Å². The summed E-state index contributed by atoms with van der Waals surface area (Å²) in [5.41, 5.74) is 0. The molecule has 66 valence electrons. The third-order valence-corrected chi connectivity index (χ3v) is 5.59. The molecule has 2 rings (SSSR count). The molecule has 1 aromatic heterocycles. The fourth-order valence-electron chi connectivity index (χ4n) is 1.20. The molecule has 0 N–H and O–H groups in total. The Hall–Kier alpha value is -0.0200. The van der Waals surface area contributed by atoms with Crippen molar-refractivity contribution in [3.05, 3.63) is 24.2 Å². The average molecular weight is 200 g/mol. The van der Waals surface area contributed by atoms with Gasteiger partial charge in [0.2, 0.25) is 0 Å². The Kier molecular flexibility index (Phi) is 2.42. The highest BCUT2D eigenvalue weighted by molar-refractivity contribution is 8.20. The van der Waals surface area contributed by atoms with Gasteiger partial charge in [-0.25, -0.2) is 0 Å². The first-order valence-corrected chi connectivity index (χ1v) is 6.00. The molecule has 0 aliphatic carbocycles. The van der Waals surface area contributed by atoms with Crippen LogP contribution < -0.4 is 0 Å². The van der Waals surface area contributed by atoms with E-state index in [4.69, 9.17) is 4.42 Å². The number of hydrogen-bond acceptors (Lipinski definition) is 3. The Morgan fingerprint density at radius 2 is 1.92 bits per heavy atom. The Morgan fingerprint density at radius 1 is 1.25 bits per heavy atom. The van der Waals surface area contributed by atoms with Crippen LogP contribution in [0.25, 0.3) is 0 Å². The normalized spacial score (nSPS) is 35.7. The summed E-state index contributed by atoms with van der Waals surface area (Å²) < 4.78 is 5.89. The van der Waals surface area contributed by atoms with Crippen LogP contribution in [0.1, 0.15) is 24.2 Å². The predicted molar refractivity (Wildman–Crippen MR) is 55.6 cm³/mol. The minimum absolute atomic E-state index is 0.519. The largest absolute Gasteiger partial charge is 0.467 e. The molecule has 3 heteroatoms. The first kappa shape index (κ1) is 8.57. The fourth-order valence-corrected chi connectivity index (χ4v) is 4.65. The molecule has 0 saturated carbocycles. The lowest BCUT2D eigenvalue weighted by Gasteiger charge is -2.02. The van der Waals surface area contributed by atoms with Crippen LogP contribution >= 0.6 is 23.5 Å². The zero-order valence-electron chi connectivity index (χ0n) is 7.19. The van der Waals surface area contributed by atoms with E-state index >= 15 is 0 Å². The second-order valence-corrected chi connectivity index (χ2v) is 6.30. The summed E-state index contributed by atoms with van der Waals surface area (Å²) in [6.07, 6.45) is 1.75. The van der Waals surface area contributed by atoms with Crippen molar-refractivity contribution in [2.24, 2.45) is 0 Å². The van der Waals surface area contributed by atoms with Gasteiger partial charge in [0.15, 0.2) is 0 Å². The lowest BCUT2D eigenvalue weighted by Crippen LogP contribution is -2.04. The molecule has 1 unspecified atom stereocenters. The second kappa shape index (κ2) is 3.38. The molecule has 0 aromatic carbocycles. The Morgan fingerprint density at radius 3 is 2.42 bits per heavy atom. The van der Waals surface area contributed by atoms with Gasteiger partial charge in [0, 0.05) is 10.5 Å². The van der Waals surface area contributed by atoms with E-state index in [9.17, 15) is 0 Å². The van der Waals surface area contributed by atoms with Crippen LogP contribution in [-0.2, 0) is 0 Å². The van der Waals surface area contributed by atoms with Gasteiger partial charge in [0.25, 0.3) is 0 Å². The fraction of sp³-hybridized carbons (Fsp3) is 0.556. The van der Waals surface area contributed by atoms with Gasteiger partial charge in [-0.3, -0.25) is 0 Å². The van der Waals surface area contributed by atoms with E-state index in [-0.39, 0.29) is 0 Å². The lowest BCUT2D eigenvalue weighted by atomic mass is 10.4. The van der Waals surface area contributed by atoms with Gasteiger partial charge in [-0.15, -0.1) is 23.5 Å². The van der Waals surface area contributed by atoms with Gasteiger partial charge in [-0.2, -0.15) is 0 Å². The van der Waals surface area contributed by atoms with Crippen molar-refractivity contribution in [1.82, 2.24) is 0 Å². The molecule has 2 heterocycles. The van der Waals surface area contributed by atoms with Crippen LogP contribution in [0.15, 0.2) is 22.8 Å².